The average molecular weight is 353 g/mol. The Kier molecular flexibility index (Phi) is 5.38. The molecule has 0 atom stereocenters. The second kappa shape index (κ2) is 6.43. The van der Waals surface area contributed by atoms with Gasteiger partial charge < -0.3 is 10.6 Å². The van der Waals surface area contributed by atoms with E-state index in [9.17, 15) is 13.2 Å². The number of amidine groups is 1. The van der Waals surface area contributed by atoms with Crippen LogP contribution in [0.3, 0.4) is 0 Å². The SMILES string of the molecule is CC(C)N(CCC(=N)N)c1ncc(Br)cc1C(F)(F)F. The van der Waals surface area contributed by atoms with Crippen LogP contribution in [0.4, 0.5) is 19.0 Å². The van der Waals surface area contributed by atoms with Crippen molar-refractivity contribution in [3.05, 3.63) is 22.3 Å². The summed E-state index contributed by atoms with van der Waals surface area (Å²) >= 11 is 3.00. The molecule has 0 fully saturated rings. The molecule has 1 aromatic rings. The van der Waals surface area contributed by atoms with E-state index < -0.39 is 11.7 Å². The van der Waals surface area contributed by atoms with Gasteiger partial charge in [0.1, 0.15) is 5.82 Å². The van der Waals surface area contributed by atoms with Gasteiger partial charge in [-0.2, -0.15) is 13.2 Å². The summed E-state index contributed by atoms with van der Waals surface area (Å²) in [4.78, 5) is 5.39. The molecule has 0 aliphatic rings. The van der Waals surface area contributed by atoms with Crippen LogP contribution in [0.1, 0.15) is 25.8 Å². The Morgan fingerprint density at radius 2 is 2.10 bits per heavy atom. The van der Waals surface area contributed by atoms with Crippen LogP contribution in [0, 0.1) is 5.41 Å². The van der Waals surface area contributed by atoms with Crippen molar-refractivity contribution < 1.29 is 13.2 Å². The van der Waals surface area contributed by atoms with Crippen molar-refractivity contribution in [2.24, 2.45) is 5.73 Å². The quantitative estimate of drug-likeness (QED) is 0.630. The number of anilines is 1. The highest BCUT2D eigenvalue weighted by Crippen LogP contribution is 2.37. The summed E-state index contributed by atoms with van der Waals surface area (Å²) in [6, 6.07) is 0.815. The third-order valence-electron chi connectivity index (χ3n) is 2.66. The molecule has 20 heavy (non-hydrogen) atoms. The fraction of sp³-hybridized carbons (Fsp3) is 0.500. The molecule has 0 aromatic carbocycles. The number of hydrogen-bond donors (Lipinski definition) is 2. The van der Waals surface area contributed by atoms with Crippen LogP contribution in [-0.4, -0.2) is 23.4 Å². The molecule has 0 saturated carbocycles. The smallest absolute Gasteiger partial charge is 0.388 e. The minimum atomic E-state index is -4.49. The van der Waals surface area contributed by atoms with Gasteiger partial charge in [0, 0.05) is 29.7 Å². The van der Waals surface area contributed by atoms with Crippen LogP contribution in [-0.2, 0) is 6.18 Å². The maximum absolute atomic E-state index is 13.1. The van der Waals surface area contributed by atoms with Gasteiger partial charge in [0.15, 0.2) is 0 Å². The lowest BCUT2D eigenvalue weighted by Crippen LogP contribution is -2.36. The third kappa shape index (κ3) is 4.36. The molecular weight excluding hydrogens is 337 g/mol. The van der Waals surface area contributed by atoms with Crippen LogP contribution in [0.25, 0.3) is 0 Å². The van der Waals surface area contributed by atoms with Crippen LogP contribution in [0.15, 0.2) is 16.7 Å². The van der Waals surface area contributed by atoms with Gasteiger partial charge >= 0.3 is 6.18 Å². The van der Waals surface area contributed by atoms with E-state index in [2.05, 4.69) is 20.9 Å². The number of nitrogens with one attached hydrogen (secondary N) is 1. The van der Waals surface area contributed by atoms with Crippen LogP contribution in [0.5, 0.6) is 0 Å². The van der Waals surface area contributed by atoms with Gasteiger partial charge in [0.2, 0.25) is 0 Å². The minimum Gasteiger partial charge on any atom is -0.388 e. The number of aromatic nitrogens is 1. The molecule has 112 valence electrons. The zero-order valence-corrected chi connectivity index (χ0v) is 12.7. The molecule has 0 aliphatic carbocycles. The van der Waals surface area contributed by atoms with E-state index in [4.69, 9.17) is 11.1 Å². The Morgan fingerprint density at radius 3 is 2.55 bits per heavy atom. The van der Waals surface area contributed by atoms with E-state index in [1.54, 1.807) is 13.8 Å². The lowest BCUT2D eigenvalue weighted by atomic mass is 10.2. The molecule has 8 heteroatoms. The largest absolute Gasteiger partial charge is 0.419 e. The zero-order chi connectivity index (χ0) is 15.5. The summed E-state index contributed by atoms with van der Waals surface area (Å²) < 4.78 is 39.6. The molecule has 4 nitrogen and oxygen atoms in total. The van der Waals surface area contributed by atoms with Crippen LogP contribution >= 0.6 is 15.9 Å². The topological polar surface area (TPSA) is 66.0 Å². The zero-order valence-electron chi connectivity index (χ0n) is 11.1. The Morgan fingerprint density at radius 1 is 1.50 bits per heavy atom. The van der Waals surface area contributed by atoms with Crippen molar-refractivity contribution in [1.82, 2.24) is 4.98 Å². The van der Waals surface area contributed by atoms with E-state index in [-0.39, 0.29) is 35.1 Å². The summed E-state index contributed by atoms with van der Waals surface area (Å²) in [5.41, 5.74) is 4.47. The molecule has 3 N–H and O–H groups in total. The van der Waals surface area contributed by atoms with E-state index in [0.29, 0.717) is 0 Å². The first kappa shape index (κ1) is 16.7. The van der Waals surface area contributed by atoms with Crippen LogP contribution in [0.2, 0.25) is 0 Å². The first-order valence-electron chi connectivity index (χ1n) is 5.95. The highest BCUT2D eigenvalue weighted by molar-refractivity contribution is 9.10. The van der Waals surface area contributed by atoms with Crippen molar-refractivity contribution in [3.63, 3.8) is 0 Å². The molecule has 0 unspecified atom stereocenters. The molecule has 0 saturated heterocycles. The average Bonchev–Trinajstić information content (AvgIpc) is 2.28. The summed E-state index contributed by atoms with van der Waals surface area (Å²) in [5.74, 6) is -0.210. The van der Waals surface area contributed by atoms with E-state index in [0.717, 1.165) is 6.07 Å². The summed E-state index contributed by atoms with van der Waals surface area (Å²) in [7, 11) is 0. The van der Waals surface area contributed by atoms with Gasteiger partial charge in [0.05, 0.1) is 11.4 Å². The van der Waals surface area contributed by atoms with E-state index in [1.807, 2.05) is 0 Å². The number of alkyl halides is 3. The molecule has 1 aromatic heterocycles. The monoisotopic (exact) mass is 352 g/mol. The van der Waals surface area contributed by atoms with Gasteiger partial charge in [-0.1, -0.05) is 0 Å². The number of nitrogens with zero attached hydrogens (tertiary/aromatic N) is 2. The predicted molar refractivity (Wildman–Crippen MR) is 76.0 cm³/mol. The summed E-state index contributed by atoms with van der Waals surface area (Å²) in [6.45, 7) is 3.75. The Balaban J connectivity index is 3.22. The molecule has 1 heterocycles. The van der Waals surface area contributed by atoms with Gasteiger partial charge in [-0.3, -0.25) is 5.41 Å². The Bertz CT molecular complexity index is 488. The van der Waals surface area contributed by atoms with Gasteiger partial charge in [-0.05, 0) is 35.8 Å². The van der Waals surface area contributed by atoms with Crippen molar-refractivity contribution in [1.29, 1.82) is 5.41 Å². The van der Waals surface area contributed by atoms with Crippen molar-refractivity contribution in [2.45, 2.75) is 32.5 Å². The molecule has 1 rings (SSSR count). The minimum absolute atomic E-state index is 0.0682. The fourth-order valence-corrected chi connectivity index (χ4v) is 2.05. The Hall–Kier alpha value is -1.31. The molecule has 0 aliphatic heterocycles. The standard InChI is InChI=1S/C12H16BrF3N4/c1-7(2)20(4-3-10(17)18)11-9(12(14,15)16)5-8(13)6-19-11/h5-7H,3-4H2,1-2H3,(H3,17,18). The molecular formula is C12H16BrF3N4. The van der Waals surface area contributed by atoms with Crippen molar-refractivity contribution >= 4 is 27.6 Å². The summed E-state index contributed by atoms with van der Waals surface area (Å²) in [5, 5.41) is 7.20. The maximum atomic E-state index is 13.1. The van der Waals surface area contributed by atoms with E-state index in [1.165, 1.54) is 11.1 Å². The van der Waals surface area contributed by atoms with Crippen molar-refractivity contribution in [3.8, 4) is 0 Å². The first-order valence-corrected chi connectivity index (χ1v) is 6.74. The molecule has 0 amide bonds. The third-order valence-corrected chi connectivity index (χ3v) is 3.09. The number of pyridine rings is 1. The van der Waals surface area contributed by atoms with E-state index >= 15 is 0 Å². The van der Waals surface area contributed by atoms with Crippen LogP contribution < -0.4 is 10.6 Å². The van der Waals surface area contributed by atoms with Gasteiger partial charge in [-0.25, -0.2) is 4.98 Å². The predicted octanol–water partition coefficient (Wildman–Crippen LogP) is 3.40. The highest BCUT2D eigenvalue weighted by atomic mass is 79.9. The maximum Gasteiger partial charge on any atom is 0.419 e. The highest BCUT2D eigenvalue weighted by Gasteiger charge is 2.36. The lowest BCUT2D eigenvalue weighted by Gasteiger charge is -2.30. The summed E-state index contributed by atoms with van der Waals surface area (Å²) in [6.07, 6.45) is -2.98. The Labute approximate surface area is 123 Å². The van der Waals surface area contributed by atoms with Crippen molar-refractivity contribution in [2.75, 3.05) is 11.4 Å². The molecule has 0 bridgehead atoms. The first-order chi connectivity index (χ1) is 9.12. The second-order valence-electron chi connectivity index (χ2n) is 4.58. The normalized spacial score (nSPS) is 11.8. The van der Waals surface area contributed by atoms with Gasteiger partial charge in [-0.15, -0.1) is 0 Å². The number of nitrogens with two attached hydrogens (primary N) is 1. The fourth-order valence-electron chi connectivity index (χ4n) is 1.72. The molecule has 0 spiro atoms. The molecule has 0 radical (unpaired) electrons. The number of rotatable bonds is 5. The lowest BCUT2D eigenvalue weighted by molar-refractivity contribution is -0.137. The second-order valence-corrected chi connectivity index (χ2v) is 5.50. The number of hydrogen-bond acceptors (Lipinski definition) is 3. The van der Waals surface area contributed by atoms with Gasteiger partial charge in [0.25, 0.3) is 0 Å². The number of halogens is 4.